The van der Waals surface area contributed by atoms with E-state index in [1.54, 1.807) is 42.5 Å². The first kappa shape index (κ1) is 24.5. The summed E-state index contributed by atoms with van der Waals surface area (Å²) in [6.45, 7) is 2.58. The van der Waals surface area contributed by atoms with Gasteiger partial charge in [-0.25, -0.2) is 4.39 Å². The summed E-state index contributed by atoms with van der Waals surface area (Å²) in [6, 6.07) is 16.7. The van der Waals surface area contributed by atoms with Crippen molar-refractivity contribution < 1.29 is 18.7 Å². The molecule has 1 fully saturated rings. The van der Waals surface area contributed by atoms with Crippen LogP contribution < -0.4 is 14.4 Å². The molecule has 1 aliphatic rings. The lowest BCUT2D eigenvalue weighted by molar-refractivity contribution is -0.113. The number of carbonyl (C=O) groups excluding carboxylic acids is 1. The summed E-state index contributed by atoms with van der Waals surface area (Å²) in [5.41, 5.74) is 1.71. The molecular weight excluding hydrogens is 516 g/mol. The predicted molar refractivity (Wildman–Crippen MR) is 140 cm³/mol. The molecule has 0 radical (unpaired) electrons. The number of halogens is 3. The Balaban J connectivity index is 1.56. The Morgan fingerprint density at radius 2 is 1.82 bits per heavy atom. The molecule has 1 heterocycles. The number of para-hydroxylation sites is 1. The number of anilines is 1. The molecule has 0 atom stereocenters. The van der Waals surface area contributed by atoms with Crippen molar-refractivity contribution >= 4 is 69.2 Å². The lowest BCUT2D eigenvalue weighted by Crippen LogP contribution is -2.28. The van der Waals surface area contributed by atoms with E-state index in [4.69, 9.17) is 44.9 Å². The van der Waals surface area contributed by atoms with Gasteiger partial charge in [0.15, 0.2) is 15.8 Å². The third-order valence-corrected chi connectivity index (χ3v) is 6.87. The highest BCUT2D eigenvalue weighted by atomic mass is 35.5. The first-order valence-corrected chi connectivity index (χ1v) is 12.2. The van der Waals surface area contributed by atoms with Gasteiger partial charge in [0.25, 0.3) is 5.91 Å². The molecule has 1 aliphatic heterocycles. The van der Waals surface area contributed by atoms with E-state index in [1.807, 2.05) is 19.1 Å². The Hall–Kier alpha value is -2.58. The first-order chi connectivity index (χ1) is 16.4. The van der Waals surface area contributed by atoms with E-state index in [0.29, 0.717) is 33.1 Å². The summed E-state index contributed by atoms with van der Waals surface area (Å²) >= 11 is 18.5. The molecule has 0 aromatic heterocycles. The average Bonchev–Trinajstić information content (AvgIpc) is 3.09. The zero-order chi connectivity index (χ0) is 24.2. The third-order valence-electron chi connectivity index (χ3n) is 4.83. The lowest BCUT2D eigenvalue weighted by atomic mass is 10.1. The maximum absolute atomic E-state index is 14.2. The van der Waals surface area contributed by atoms with E-state index in [-0.39, 0.29) is 22.5 Å². The van der Waals surface area contributed by atoms with Crippen LogP contribution in [0.2, 0.25) is 10.0 Å². The van der Waals surface area contributed by atoms with Crippen molar-refractivity contribution in [3.8, 4) is 11.5 Å². The number of amides is 1. The molecule has 0 N–H and O–H groups in total. The van der Waals surface area contributed by atoms with Crippen molar-refractivity contribution in [3.63, 3.8) is 0 Å². The second kappa shape index (κ2) is 10.8. The maximum atomic E-state index is 14.2. The van der Waals surface area contributed by atoms with Gasteiger partial charge < -0.3 is 9.47 Å². The fourth-order valence-corrected chi connectivity index (χ4v) is 4.86. The van der Waals surface area contributed by atoms with Crippen LogP contribution >= 0.6 is 47.2 Å². The summed E-state index contributed by atoms with van der Waals surface area (Å²) in [5.74, 6) is 0.185. The fourth-order valence-electron chi connectivity index (χ4n) is 3.25. The van der Waals surface area contributed by atoms with Gasteiger partial charge in [-0.3, -0.25) is 9.69 Å². The Labute approximate surface area is 216 Å². The highest BCUT2D eigenvalue weighted by molar-refractivity contribution is 8.27. The number of thioether (sulfide) groups is 1. The third kappa shape index (κ3) is 5.39. The minimum atomic E-state index is -0.512. The second-order valence-corrected chi connectivity index (χ2v) is 9.64. The standard InChI is InChI=1S/C25H18Cl2FNO3S2/c1-2-31-22-12-15(8-10-21(22)32-14-16-7-9-17(26)18(27)11-16)13-23-24(30)29(25(33)34-23)20-6-4-3-5-19(20)28/h3-13H,2,14H2,1H3/b23-13-. The summed E-state index contributed by atoms with van der Waals surface area (Å²) in [6.07, 6.45) is 1.70. The SMILES string of the molecule is CCOc1cc(/C=C2\SC(=S)N(c3ccccc3F)C2=O)ccc1OCc1ccc(Cl)c(Cl)c1. The zero-order valence-electron chi connectivity index (χ0n) is 17.9. The highest BCUT2D eigenvalue weighted by Crippen LogP contribution is 2.38. The largest absolute Gasteiger partial charge is 0.490 e. The molecule has 3 aromatic carbocycles. The van der Waals surface area contributed by atoms with E-state index < -0.39 is 5.82 Å². The number of hydrogen-bond donors (Lipinski definition) is 0. The molecule has 0 saturated carbocycles. The minimum absolute atomic E-state index is 0.134. The molecule has 1 saturated heterocycles. The predicted octanol–water partition coefficient (Wildman–Crippen LogP) is 7.52. The van der Waals surface area contributed by atoms with Crippen LogP contribution in [0.3, 0.4) is 0 Å². The van der Waals surface area contributed by atoms with Crippen LogP contribution in [0.4, 0.5) is 10.1 Å². The molecule has 4 rings (SSSR count). The number of hydrogen-bond acceptors (Lipinski definition) is 5. The topological polar surface area (TPSA) is 38.8 Å². The average molecular weight is 534 g/mol. The van der Waals surface area contributed by atoms with Gasteiger partial charge in [-0.1, -0.05) is 71.4 Å². The second-order valence-electron chi connectivity index (χ2n) is 7.14. The molecule has 4 nitrogen and oxygen atoms in total. The van der Waals surface area contributed by atoms with E-state index in [1.165, 1.54) is 17.0 Å². The van der Waals surface area contributed by atoms with Crippen LogP contribution in [0, 0.1) is 5.82 Å². The van der Waals surface area contributed by atoms with Crippen LogP contribution in [-0.4, -0.2) is 16.8 Å². The first-order valence-electron chi connectivity index (χ1n) is 10.2. The normalized spacial score (nSPS) is 14.7. The van der Waals surface area contributed by atoms with Gasteiger partial charge in [-0.05, 0) is 60.5 Å². The Kier molecular flexibility index (Phi) is 7.78. The number of carbonyl (C=O) groups is 1. The number of benzene rings is 3. The van der Waals surface area contributed by atoms with Crippen LogP contribution in [0.1, 0.15) is 18.1 Å². The molecule has 0 bridgehead atoms. The van der Waals surface area contributed by atoms with Crippen molar-refractivity contribution in [2.45, 2.75) is 13.5 Å². The van der Waals surface area contributed by atoms with Crippen LogP contribution in [-0.2, 0) is 11.4 Å². The van der Waals surface area contributed by atoms with E-state index in [9.17, 15) is 9.18 Å². The monoisotopic (exact) mass is 533 g/mol. The molecule has 9 heteroatoms. The minimum Gasteiger partial charge on any atom is -0.490 e. The van der Waals surface area contributed by atoms with E-state index >= 15 is 0 Å². The Bertz CT molecular complexity index is 1300. The van der Waals surface area contributed by atoms with Gasteiger partial charge >= 0.3 is 0 Å². The van der Waals surface area contributed by atoms with Gasteiger partial charge in [0.2, 0.25) is 0 Å². The molecule has 34 heavy (non-hydrogen) atoms. The van der Waals surface area contributed by atoms with E-state index in [2.05, 4.69) is 0 Å². The molecule has 1 amide bonds. The molecular formula is C25H18Cl2FNO3S2. The van der Waals surface area contributed by atoms with Crippen molar-refractivity contribution in [3.05, 3.63) is 92.6 Å². The molecule has 3 aromatic rings. The maximum Gasteiger partial charge on any atom is 0.270 e. The summed E-state index contributed by atoms with van der Waals surface area (Å²) < 4.78 is 26.2. The van der Waals surface area contributed by atoms with Gasteiger partial charge in [-0.2, -0.15) is 0 Å². The quantitative estimate of drug-likeness (QED) is 0.232. The molecule has 0 spiro atoms. The molecule has 0 unspecified atom stereocenters. The van der Waals surface area contributed by atoms with Gasteiger partial charge in [-0.15, -0.1) is 0 Å². The molecule has 0 aliphatic carbocycles. The summed E-state index contributed by atoms with van der Waals surface area (Å²) in [7, 11) is 0. The number of thiocarbonyl (C=S) groups is 1. The smallest absolute Gasteiger partial charge is 0.270 e. The van der Waals surface area contributed by atoms with Crippen molar-refractivity contribution in [2.24, 2.45) is 0 Å². The van der Waals surface area contributed by atoms with Gasteiger partial charge in [0, 0.05) is 0 Å². The van der Waals surface area contributed by atoms with Crippen LogP contribution in [0.5, 0.6) is 11.5 Å². The lowest BCUT2D eigenvalue weighted by Gasteiger charge is -2.15. The van der Waals surface area contributed by atoms with Crippen LogP contribution in [0.15, 0.2) is 65.6 Å². The van der Waals surface area contributed by atoms with Crippen molar-refractivity contribution in [1.82, 2.24) is 0 Å². The summed E-state index contributed by atoms with van der Waals surface area (Å²) in [5, 5.41) is 0.932. The van der Waals surface area contributed by atoms with Gasteiger partial charge in [0.1, 0.15) is 12.4 Å². The highest BCUT2D eigenvalue weighted by Gasteiger charge is 2.34. The van der Waals surface area contributed by atoms with E-state index in [0.717, 1.165) is 22.9 Å². The van der Waals surface area contributed by atoms with Gasteiger partial charge in [0.05, 0.1) is 27.2 Å². The summed E-state index contributed by atoms with van der Waals surface area (Å²) in [4.78, 5) is 14.6. The Morgan fingerprint density at radius 1 is 1.03 bits per heavy atom. The Morgan fingerprint density at radius 3 is 2.56 bits per heavy atom. The van der Waals surface area contributed by atoms with Crippen molar-refractivity contribution in [2.75, 3.05) is 11.5 Å². The van der Waals surface area contributed by atoms with Crippen LogP contribution in [0.25, 0.3) is 6.08 Å². The van der Waals surface area contributed by atoms with Crippen molar-refractivity contribution in [1.29, 1.82) is 0 Å². The number of rotatable bonds is 7. The number of nitrogens with zero attached hydrogens (tertiary/aromatic N) is 1. The number of ether oxygens (including phenoxy) is 2. The zero-order valence-corrected chi connectivity index (χ0v) is 21.0. The molecule has 174 valence electrons. The fraction of sp³-hybridized carbons (Fsp3) is 0.120.